The summed E-state index contributed by atoms with van der Waals surface area (Å²) >= 11 is 0. The number of hydrogen-bond acceptors (Lipinski definition) is 3. The second-order valence-electron chi connectivity index (χ2n) is 7.40. The van der Waals surface area contributed by atoms with Crippen LogP contribution in [0.3, 0.4) is 0 Å². The van der Waals surface area contributed by atoms with Crippen molar-refractivity contribution in [1.29, 1.82) is 0 Å². The molecule has 1 saturated heterocycles. The quantitative estimate of drug-likeness (QED) is 0.855. The zero-order valence-corrected chi connectivity index (χ0v) is 15.5. The molecule has 2 aromatic carbocycles. The summed E-state index contributed by atoms with van der Waals surface area (Å²) < 4.78 is 6.36. The van der Waals surface area contributed by atoms with E-state index >= 15 is 0 Å². The highest BCUT2D eigenvalue weighted by Crippen LogP contribution is 2.29. The van der Waals surface area contributed by atoms with E-state index in [1.807, 2.05) is 30.3 Å². The fourth-order valence-electron chi connectivity index (χ4n) is 3.40. The van der Waals surface area contributed by atoms with Crippen molar-refractivity contribution < 1.29 is 14.6 Å². The van der Waals surface area contributed by atoms with Gasteiger partial charge in [-0.15, -0.1) is 0 Å². The molecular weight excluding hydrogens is 326 g/mol. The number of aliphatic carboxylic acids is 1. The van der Waals surface area contributed by atoms with Crippen LogP contribution < -0.4 is 0 Å². The summed E-state index contributed by atoms with van der Waals surface area (Å²) in [6, 6.07) is 18.3. The zero-order valence-electron chi connectivity index (χ0n) is 15.5. The monoisotopic (exact) mass is 353 g/mol. The Balaban J connectivity index is 1.70. The summed E-state index contributed by atoms with van der Waals surface area (Å²) in [5.74, 6) is -0.335. The molecule has 0 amide bonds. The van der Waals surface area contributed by atoms with Gasteiger partial charge in [-0.05, 0) is 22.6 Å². The van der Waals surface area contributed by atoms with Gasteiger partial charge in [0.1, 0.15) is 0 Å². The van der Waals surface area contributed by atoms with E-state index in [0.29, 0.717) is 5.92 Å². The highest BCUT2D eigenvalue weighted by Gasteiger charge is 2.30. The van der Waals surface area contributed by atoms with E-state index in [2.05, 4.69) is 43.0 Å². The van der Waals surface area contributed by atoms with Crippen LogP contribution in [0.15, 0.2) is 54.6 Å². The van der Waals surface area contributed by atoms with Crippen LogP contribution in [0.4, 0.5) is 0 Å². The molecule has 0 bridgehead atoms. The van der Waals surface area contributed by atoms with Crippen LogP contribution in [0.2, 0.25) is 0 Å². The summed E-state index contributed by atoms with van der Waals surface area (Å²) in [7, 11) is 0. The Hall–Kier alpha value is -2.17. The van der Waals surface area contributed by atoms with E-state index in [1.54, 1.807) is 0 Å². The van der Waals surface area contributed by atoms with Gasteiger partial charge in [0.15, 0.2) is 0 Å². The third kappa shape index (κ3) is 4.93. The van der Waals surface area contributed by atoms with E-state index in [9.17, 15) is 4.79 Å². The number of hydrogen-bond donors (Lipinski definition) is 1. The number of carbonyl (C=O) groups is 1. The van der Waals surface area contributed by atoms with Crippen LogP contribution in [-0.2, 0) is 22.5 Å². The molecule has 3 rings (SSSR count). The lowest BCUT2D eigenvalue weighted by Crippen LogP contribution is -2.45. The van der Waals surface area contributed by atoms with E-state index in [0.717, 1.165) is 25.2 Å². The Morgan fingerprint density at radius 3 is 2.35 bits per heavy atom. The van der Waals surface area contributed by atoms with Crippen molar-refractivity contribution in [2.45, 2.75) is 39.0 Å². The van der Waals surface area contributed by atoms with Gasteiger partial charge in [0.05, 0.1) is 18.6 Å². The second kappa shape index (κ2) is 8.47. The van der Waals surface area contributed by atoms with Crippen molar-refractivity contribution in [2.24, 2.45) is 5.92 Å². The Kier molecular flexibility index (Phi) is 6.07. The van der Waals surface area contributed by atoms with Crippen LogP contribution in [-0.4, -0.2) is 35.2 Å². The molecule has 0 unspecified atom stereocenters. The smallest absolute Gasteiger partial charge is 0.307 e. The molecule has 2 atom stereocenters. The first-order chi connectivity index (χ1) is 12.5. The summed E-state index contributed by atoms with van der Waals surface area (Å²) in [6.07, 6.45) is 0.368. The molecule has 0 aromatic heterocycles. The maximum Gasteiger partial charge on any atom is 0.307 e. The van der Waals surface area contributed by atoms with Gasteiger partial charge in [0, 0.05) is 19.6 Å². The lowest BCUT2D eigenvalue weighted by Gasteiger charge is -2.40. The van der Waals surface area contributed by atoms with Gasteiger partial charge in [-0.3, -0.25) is 9.69 Å². The molecule has 1 N–H and O–H groups in total. The standard InChI is InChI=1S/C22H27NO3/c1-16(2)20-14-23(15-21(26-20)19-6-4-3-5-7-19)13-18-10-8-17(9-11-18)12-22(24)25/h3-11,16,20-21H,12-15H2,1-2H3,(H,24,25)/t20-,21+/m1/s1. The van der Waals surface area contributed by atoms with Gasteiger partial charge >= 0.3 is 5.97 Å². The summed E-state index contributed by atoms with van der Waals surface area (Å²) in [6.45, 7) is 7.04. The van der Waals surface area contributed by atoms with Gasteiger partial charge in [-0.1, -0.05) is 68.4 Å². The highest BCUT2D eigenvalue weighted by atomic mass is 16.5. The minimum Gasteiger partial charge on any atom is -0.481 e. The molecule has 1 fully saturated rings. The number of ether oxygens (including phenoxy) is 1. The zero-order chi connectivity index (χ0) is 18.5. The lowest BCUT2D eigenvalue weighted by atomic mass is 10.0. The summed E-state index contributed by atoms with van der Waals surface area (Å²) in [5, 5.41) is 8.89. The number of carboxylic acids is 1. The van der Waals surface area contributed by atoms with Crippen LogP contribution in [0, 0.1) is 5.92 Å². The molecule has 0 radical (unpaired) electrons. The van der Waals surface area contributed by atoms with Gasteiger partial charge in [0.25, 0.3) is 0 Å². The largest absolute Gasteiger partial charge is 0.481 e. The fourth-order valence-corrected chi connectivity index (χ4v) is 3.40. The average molecular weight is 353 g/mol. The van der Waals surface area contributed by atoms with E-state index in [4.69, 9.17) is 9.84 Å². The molecule has 1 heterocycles. The van der Waals surface area contributed by atoms with E-state index in [-0.39, 0.29) is 18.6 Å². The van der Waals surface area contributed by atoms with Crippen LogP contribution in [0.1, 0.15) is 36.6 Å². The van der Waals surface area contributed by atoms with Crippen molar-refractivity contribution >= 4 is 5.97 Å². The second-order valence-corrected chi connectivity index (χ2v) is 7.40. The van der Waals surface area contributed by atoms with Gasteiger partial charge in [0.2, 0.25) is 0 Å². The lowest BCUT2D eigenvalue weighted by molar-refractivity contribution is -0.136. The van der Waals surface area contributed by atoms with Crippen LogP contribution in [0.25, 0.3) is 0 Å². The van der Waals surface area contributed by atoms with Gasteiger partial charge in [-0.25, -0.2) is 0 Å². The average Bonchev–Trinajstić information content (AvgIpc) is 2.63. The van der Waals surface area contributed by atoms with E-state index < -0.39 is 5.97 Å². The van der Waals surface area contributed by atoms with Crippen molar-refractivity contribution in [2.75, 3.05) is 13.1 Å². The van der Waals surface area contributed by atoms with Crippen LogP contribution >= 0.6 is 0 Å². The molecule has 1 aliphatic rings. The van der Waals surface area contributed by atoms with Crippen molar-refractivity contribution in [3.63, 3.8) is 0 Å². The molecule has 26 heavy (non-hydrogen) atoms. The number of carboxylic acid groups (broad SMARTS) is 1. The van der Waals surface area contributed by atoms with Gasteiger partial charge in [-0.2, -0.15) is 0 Å². The Morgan fingerprint density at radius 1 is 1.08 bits per heavy atom. The first-order valence-electron chi connectivity index (χ1n) is 9.23. The normalized spacial score (nSPS) is 21.0. The highest BCUT2D eigenvalue weighted by molar-refractivity contribution is 5.70. The Morgan fingerprint density at radius 2 is 1.73 bits per heavy atom. The molecule has 2 aromatic rings. The van der Waals surface area contributed by atoms with Gasteiger partial charge < -0.3 is 9.84 Å². The predicted molar refractivity (Wildman–Crippen MR) is 102 cm³/mol. The topological polar surface area (TPSA) is 49.8 Å². The molecule has 1 aliphatic heterocycles. The Labute approximate surface area is 155 Å². The fraction of sp³-hybridized carbons (Fsp3) is 0.409. The maximum atomic E-state index is 10.8. The number of morpholine rings is 1. The molecule has 4 nitrogen and oxygen atoms in total. The molecule has 0 saturated carbocycles. The minimum atomic E-state index is -0.795. The number of nitrogens with zero attached hydrogens (tertiary/aromatic N) is 1. The maximum absolute atomic E-state index is 10.8. The third-order valence-electron chi connectivity index (χ3n) is 4.90. The molecular formula is C22H27NO3. The number of rotatable bonds is 6. The SMILES string of the molecule is CC(C)[C@H]1CN(Cc2ccc(CC(=O)O)cc2)C[C@@H](c2ccccc2)O1. The van der Waals surface area contributed by atoms with E-state index in [1.165, 1.54) is 11.1 Å². The van der Waals surface area contributed by atoms with Crippen molar-refractivity contribution in [3.05, 3.63) is 71.3 Å². The third-order valence-corrected chi connectivity index (χ3v) is 4.90. The summed E-state index contributed by atoms with van der Waals surface area (Å²) in [4.78, 5) is 13.3. The predicted octanol–water partition coefficient (Wildman–Crippen LogP) is 3.91. The minimum absolute atomic E-state index is 0.0728. The van der Waals surface area contributed by atoms with Crippen molar-refractivity contribution in [3.8, 4) is 0 Å². The van der Waals surface area contributed by atoms with Crippen molar-refractivity contribution in [1.82, 2.24) is 4.90 Å². The summed E-state index contributed by atoms with van der Waals surface area (Å²) in [5.41, 5.74) is 3.26. The molecule has 0 spiro atoms. The molecule has 0 aliphatic carbocycles. The molecule has 138 valence electrons. The Bertz CT molecular complexity index is 712. The molecule has 4 heteroatoms. The first kappa shape index (κ1) is 18.6. The number of benzene rings is 2. The first-order valence-corrected chi connectivity index (χ1v) is 9.23. The van der Waals surface area contributed by atoms with Crippen LogP contribution in [0.5, 0.6) is 0 Å².